The standard InChI is InChI=1S/C33H38ClF3N4O/c34-28-10-11-29(24-6-2-1-3-7-24)26(22-28)14-17-39-15-12-25(13-16-39)31(38)32(42)41-20-18-40(19-21-41)23-27-8-4-5-9-30(27)33(35,36)37/h1-11,22,25,31H,12-21,23,38H2/t31-/m1/s1. The highest BCUT2D eigenvalue weighted by molar-refractivity contribution is 6.30. The summed E-state index contributed by atoms with van der Waals surface area (Å²) in [5.74, 6) is 0.0757. The van der Waals surface area contributed by atoms with E-state index < -0.39 is 17.8 Å². The number of carbonyl (C=O) groups excluding carboxylic acids is 1. The largest absolute Gasteiger partial charge is 0.416 e. The molecule has 224 valence electrons. The number of benzene rings is 3. The fourth-order valence-electron chi connectivity index (χ4n) is 6.20. The first-order chi connectivity index (χ1) is 20.2. The Morgan fingerprint density at radius 1 is 0.857 bits per heavy atom. The van der Waals surface area contributed by atoms with Crippen molar-refractivity contribution in [3.63, 3.8) is 0 Å². The third-order valence-electron chi connectivity index (χ3n) is 8.68. The van der Waals surface area contributed by atoms with Gasteiger partial charge in [-0.3, -0.25) is 9.69 Å². The SMILES string of the molecule is N[C@@H](C(=O)N1CCN(Cc2ccccc2C(F)(F)F)CC1)C1CCN(CCc2cc(Cl)ccc2-c2ccccc2)CC1. The third-order valence-corrected chi connectivity index (χ3v) is 8.91. The number of nitrogens with zero attached hydrogens (tertiary/aromatic N) is 3. The van der Waals surface area contributed by atoms with Crippen LogP contribution >= 0.6 is 11.6 Å². The normalized spacial score (nSPS) is 18.3. The van der Waals surface area contributed by atoms with Crippen LogP contribution in [0.5, 0.6) is 0 Å². The predicted octanol–water partition coefficient (Wildman–Crippen LogP) is 5.95. The van der Waals surface area contributed by atoms with E-state index in [1.54, 1.807) is 11.0 Å². The first-order valence-corrected chi connectivity index (χ1v) is 15.0. The highest BCUT2D eigenvalue weighted by Crippen LogP contribution is 2.33. The molecule has 42 heavy (non-hydrogen) atoms. The Morgan fingerprint density at radius 3 is 2.21 bits per heavy atom. The molecule has 0 bridgehead atoms. The van der Waals surface area contributed by atoms with E-state index in [1.165, 1.54) is 28.8 Å². The number of piperazine rings is 1. The minimum atomic E-state index is -4.38. The zero-order valence-electron chi connectivity index (χ0n) is 23.7. The molecule has 0 radical (unpaired) electrons. The van der Waals surface area contributed by atoms with Crippen LogP contribution in [0.1, 0.15) is 29.5 Å². The second-order valence-corrected chi connectivity index (χ2v) is 11.8. The van der Waals surface area contributed by atoms with Gasteiger partial charge in [0.15, 0.2) is 0 Å². The van der Waals surface area contributed by atoms with Crippen LogP contribution in [0.25, 0.3) is 11.1 Å². The molecule has 0 aliphatic carbocycles. The van der Waals surface area contributed by atoms with Crippen LogP contribution in [0, 0.1) is 5.92 Å². The van der Waals surface area contributed by atoms with Crippen molar-refractivity contribution in [3.05, 3.63) is 94.5 Å². The number of alkyl halides is 3. The zero-order chi connectivity index (χ0) is 29.7. The minimum absolute atomic E-state index is 0.0461. The van der Waals surface area contributed by atoms with Crippen LogP contribution in [0.15, 0.2) is 72.8 Å². The summed E-state index contributed by atoms with van der Waals surface area (Å²) in [5.41, 5.74) is 9.77. The Hall–Kier alpha value is -2.91. The van der Waals surface area contributed by atoms with Crippen LogP contribution in [0.3, 0.4) is 0 Å². The van der Waals surface area contributed by atoms with Gasteiger partial charge < -0.3 is 15.5 Å². The van der Waals surface area contributed by atoms with Gasteiger partial charge in [0, 0.05) is 44.3 Å². The van der Waals surface area contributed by atoms with Gasteiger partial charge in [0.25, 0.3) is 0 Å². The lowest BCUT2D eigenvalue weighted by atomic mass is 9.88. The number of amides is 1. The second-order valence-electron chi connectivity index (χ2n) is 11.4. The molecule has 2 fully saturated rings. The monoisotopic (exact) mass is 598 g/mol. The van der Waals surface area contributed by atoms with E-state index in [-0.39, 0.29) is 23.9 Å². The molecule has 3 aromatic carbocycles. The van der Waals surface area contributed by atoms with Gasteiger partial charge in [0.2, 0.25) is 5.91 Å². The highest BCUT2D eigenvalue weighted by atomic mass is 35.5. The predicted molar refractivity (Wildman–Crippen MR) is 161 cm³/mol. The molecule has 2 heterocycles. The average Bonchev–Trinajstić information content (AvgIpc) is 3.00. The number of carbonyl (C=O) groups is 1. The molecule has 0 aromatic heterocycles. The number of halogens is 4. The molecule has 0 spiro atoms. The van der Waals surface area contributed by atoms with Gasteiger partial charge in [-0.05, 0) is 78.7 Å². The second kappa shape index (κ2) is 13.6. The van der Waals surface area contributed by atoms with Gasteiger partial charge in [-0.15, -0.1) is 0 Å². The first-order valence-electron chi connectivity index (χ1n) is 14.7. The summed E-state index contributed by atoms with van der Waals surface area (Å²) in [6.45, 7) is 4.90. The van der Waals surface area contributed by atoms with Crippen molar-refractivity contribution >= 4 is 17.5 Å². The van der Waals surface area contributed by atoms with E-state index in [2.05, 4.69) is 29.2 Å². The Morgan fingerprint density at radius 2 is 1.52 bits per heavy atom. The quantitative estimate of drug-likeness (QED) is 0.348. The maximum Gasteiger partial charge on any atom is 0.416 e. The van der Waals surface area contributed by atoms with Crippen LogP contribution in [0.4, 0.5) is 13.2 Å². The van der Waals surface area contributed by atoms with Crippen molar-refractivity contribution in [2.45, 2.75) is 38.0 Å². The Bertz CT molecular complexity index is 1340. The van der Waals surface area contributed by atoms with Gasteiger partial charge in [-0.1, -0.05) is 66.2 Å². The Kier molecular flexibility index (Phi) is 9.88. The van der Waals surface area contributed by atoms with Crippen molar-refractivity contribution in [1.82, 2.24) is 14.7 Å². The number of piperidine rings is 1. The van der Waals surface area contributed by atoms with Crippen molar-refractivity contribution in [2.24, 2.45) is 11.7 Å². The number of hydrogen-bond acceptors (Lipinski definition) is 4. The first kappa shape index (κ1) is 30.5. The lowest BCUT2D eigenvalue weighted by Gasteiger charge is -2.39. The molecule has 5 rings (SSSR count). The fraction of sp³-hybridized carbons (Fsp3) is 0.424. The van der Waals surface area contributed by atoms with E-state index in [1.807, 2.05) is 29.2 Å². The van der Waals surface area contributed by atoms with E-state index in [0.717, 1.165) is 50.0 Å². The molecule has 2 N–H and O–H groups in total. The summed E-state index contributed by atoms with van der Waals surface area (Å²) < 4.78 is 40.1. The molecule has 2 aliphatic rings. The molecule has 5 nitrogen and oxygen atoms in total. The van der Waals surface area contributed by atoms with Crippen LogP contribution < -0.4 is 5.73 Å². The summed E-state index contributed by atoms with van der Waals surface area (Å²) in [5, 5.41) is 0.736. The third kappa shape index (κ3) is 7.53. The molecule has 2 saturated heterocycles. The number of rotatable bonds is 8. The van der Waals surface area contributed by atoms with Crippen LogP contribution in [-0.2, 0) is 23.9 Å². The van der Waals surface area contributed by atoms with Crippen molar-refractivity contribution in [1.29, 1.82) is 0 Å². The molecule has 2 aliphatic heterocycles. The van der Waals surface area contributed by atoms with Crippen LogP contribution in [-0.4, -0.2) is 72.5 Å². The molecule has 9 heteroatoms. The number of hydrogen-bond donors (Lipinski definition) is 1. The molecule has 0 saturated carbocycles. The fourth-order valence-corrected chi connectivity index (χ4v) is 6.39. The van der Waals surface area contributed by atoms with Crippen molar-refractivity contribution in [2.75, 3.05) is 45.8 Å². The molecule has 1 amide bonds. The van der Waals surface area contributed by atoms with E-state index in [9.17, 15) is 18.0 Å². The molecular formula is C33H38ClF3N4O. The van der Waals surface area contributed by atoms with Gasteiger partial charge in [-0.2, -0.15) is 13.2 Å². The molecule has 0 unspecified atom stereocenters. The lowest BCUT2D eigenvalue weighted by Crippen LogP contribution is -2.55. The van der Waals surface area contributed by atoms with Crippen LogP contribution in [0.2, 0.25) is 5.02 Å². The topological polar surface area (TPSA) is 52.8 Å². The van der Waals surface area contributed by atoms with E-state index in [0.29, 0.717) is 26.2 Å². The van der Waals surface area contributed by atoms with Gasteiger partial charge in [-0.25, -0.2) is 0 Å². The van der Waals surface area contributed by atoms with E-state index in [4.69, 9.17) is 17.3 Å². The molecule has 1 atom stereocenters. The molecule has 3 aromatic rings. The maximum absolute atomic E-state index is 13.4. The van der Waals surface area contributed by atoms with Crippen molar-refractivity contribution in [3.8, 4) is 11.1 Å². The lowest BCUT2D eigenvalue weighted by molar-refractivity contribution is -0.138. The average molecular weight is 599 g/mol. The summed E-state index contributed by atoms with van der Waals surface area (Å²) in [6, 6.07) is 21.6. The minimum Gasteiger partial charge on any atom is -0.339 e. The van der Waals surface area contributed by atoms with Gasteiger partial charge >= 0.3 is 6.18 Å². The summed E-state index contributed by atoms with van der Waals surface area (Å²) in [7, 11) is 0. The Balaban J connectivity index is 1.08. The zero-order valence-corrected chi connectivity index (χ0v) is 24.5. The van der Waals surface area contributed by atoms with Crippen molar-refractivity contribution < 1.29 is 18.0 Å². The Labute approximate surface area is 251 Å². The van der Waals surface area contributed by atoms with E-state index >= 15 is 0 Å². The highest BCUT2D eigenvalue weighted by Gasteiger charge is 2.35. The summed E-state index contributed by atoms with van der Waals surface area (Å²) in [6.07, 6.45) is -1.76. The molecular weight excluding hydrogens is 561 g/mol. The summed E-state index contributed by atoms with van der Waals surface area (Å²) >= 11 is 6.33. The number of nitrogens with two attached hydrogens (primary N) is 1. The van der Waals surface area contributed by atoms with Gasteiger partial charge in [0.05, 0.1) is 11.6 Å². The van der Waals surface area contributed by atoms with Gasteiger partial charge in [0.1, 0.15) is 0 Å². The smallest absolute Gasteiger partial charge is 0.339 e. The summed E-state index contributed by atoms with van der Waals surface area (Å²) in [4.78, 5) is 19.4. The number of likely N-dealkylation sites (tertiary alicyclic amines) is 1. The maximum atomic E-state index is 13.4.